The van der Waals surface area contributed by atoms with E-state index in [0.29, 0.717) is 51.5 Å². The Kier molecular flexibility index (Phi) is 6.41. The Morgan fingerprint density at radius 3 is 2.61 bits per heavy atom. The minimum atomic E-state index is -0.461. The summed E-state index contributed by atoms with van der Waals surface area (Å²) in [7, 11) is 4.17. The molecule has 7 rings (SSSR count). The molecule has 1 saturated carbocycles. The molecule has 4 unspecified atom stereocenters. The Bertz CT molecular complexity index is 1650. The van der Waals surface area contributed by atoms with Gasteiger partial charge in [0.05, 0.1) is 10.7 Å². The molecule has 0 radical (unpaired) electrons. The normalized spacial score (nSPS) is 26.6. The number of nitrogens with zero attached hydrogens (tertiary/aromatic N) is 4. The number of aromatic nitrogens is 2. The molecule has 2 saturated heterocycles. The summed E-state index contributed by atoms with van der Waals surface area (Å²) in [6.45, 7) is 6.18. The fraction of sp³-hybridized carbons (Fsp3) is 0.455. The number of fused-ring (bicyclic) bond motifs is 4. The molecule has 41 heavy (non-hydrogen) atoms. The van der Waals surface area contributed by atoms with E-state index in [-0.39, 0.29) is 16.7 Å². The van der Waals surface area contributed by atoms with Crippen LogP contribution in [-0.4, -0.2) is 65.3 Å². The van der Waals surface area contributed by atoms with Crippen molar-refractivity contribution in [2.45, 2.75) is 63.1 Å². The minimum Gasteiger partial charge on any atom is -0.508 e. The van der Waals surface area contributed by atoms with E-state index in [0.717, 1.165) is 55.2 Å². The smallest absolute Gasteiger partial charge is 0.226 e. The van der Waals surface area contributed by atoms with Gasteiger partial charge in [0.1, 0.15) is 11.3 Å². The first-order valence-electron chi connectivity index (χ1n) is 14.7. The van der Waals surface area contributed by atoms with Crippen LogP contribution in [0.5, 0.6) is 5.75 Å². The van der Waals surface area contributed by atoms with Crippen LogP contribution in [-0.2, 0) is 5.41 Å². The summed E-state index contributed by atoms with van der Waals surface area (Å²) in [4.78, 5) is 14.5. The Morgan fingerprint density at radius 1 is 1.05 bits per heavy atom. The lowest BCUT2D eigenvalue weighted by molar-refractivity contribution is 0.111. The molecule has 4 aromatic rings. The number of halogens is 2. The van der Waals surface area contributed by atoms with Crippen molar-refractivity contribution in [3.8, 4) is 16.9 Å². The maximum absolute atomic E-state index is 17.0. The van der Waals surface area contributed by atoms with Gasteiger partial charge in [-0.1, -0.05) is 42.8 Å². The summed E-state index contributed by atoms with van der Waals surface area (Å²) < 4.78 is 17.0. The molecule has 8 heteroatoms. The van der Waals surface area contributed by atoms with Crippen LogP contribution < -0.4 is 10.2 Å². The molecule has 2 aliphatic heterocycles. The maximum Gasteiger partial charge on any atom is 0.226 e. The van der Waals surface area contributed by atoms with Gasteiger partial charge in [0, 0.05) is 47.6 Å². The van der Waals surface area contributed by atoms with Gasteiger partial charge >= 0.3 is 0 Å². The second kappa shape index (κ2) is 9.79. The quantitative estimate of drug-likeness (QED) is 0.290. The van der Waals surface area contributed by atoms with Gasteiger partial charge in [-0.05, 0) is 87.2 Å². The molecule has 214 valence electrons. The molecule has 4 atom stereocenters. The Balaban J connectivity index is 1.48. The second-order valence-corrected chi connectivity index (χ2v) is 13.5. The third-order valence-electron chi connectivity index (χ3n) is 9.65. The van der Waals surface area contributed by atoms with Crippen molar-refractivity contribution >= 4 is 39.2 Å². The molecule has 3 aromatic carbocycles. The topological polar surface area (TPSA) is 64.5 Å². The Labute approximate surface area is 245 Å². The number of anilines is 1. The standard InChI is InChI=1S/C33H37ClFN5O/c1-18-9-21-15-33(13-18,14-19(2)36-21)31-26-12-27(34)28(25-11-23(41)10-20-7-5-6-8-24(20)25)29(35)30(26)37-32(38-31)40-16-22(17-40)39(3)4/h5-8,10-12,18-19,21-22,36,41H,9,13-17H2,1-4H3. The van der Waals surface area contributed by atoms with Gasteiger partial charge in [-0.25, -0.2) is 14.4 Å². The van der Waals surface area contributed by atoms with Crippen molar-refractivity contribution in [1.29, 1.82) is 0 Å². The zero-order valence-corrected chi connectivity index (χ0v) is 24.8. The molecule has 6 nitrogen and oxygen atoms in total. The lowest BCUT2D eigenvalue weighted by Gasteiger charge is -2.51. The number of phenols is 1. The minimum absolute atomic E-state index is 0.0680. The highest BCUT2D eigenvalue weighted by Crippen LogP contribution is 2.51. The highest BCUT2D eigenvalue weighted by Gasteiger charge is 2.48. The number of hydrogen-bond donors (Lipinski definition) is 2. The zero-order chi connectivity index (χ0) is 28.6. The maximum atomic E-state index is 17.0. The molecular weight excluding hydrogens is 537 g/mol. The number of nitrogens with one attached hydrogen (secondary N) is 1. The van der Waals surface area contributed by atoms with Crippen LogP contribution in [0.3, 0.4) is 0 Å². The number of benzene rings is 3. The zero-order valence-electron chi connectivity index (χ0n) is 24.1. The van der Waals surface area contributed by atoms with E-state index in [4.69, 9.17) is 21.6 Å². The fourth-order valence-electron chi connectivity index (χ4n) is 7.93. The first kappa shape index (κ1) is 26.9. The first-order valence-corrected chi connectivity index (χ1v) is 15.1. The van der Waals surface area contributed by atoms with E-state index in [1.165, 1.54) is 0 Å². The van der Waals surface area contributed by atoms with Crippen molar-refractivity contribution in [2.24, 2.45) is 5.92 Å². The van der Waals surface area contributed by atoms with E-state index in [9.17, 15) is 5.11 Å². The highest BCUT2D eigenvalue weighted by molar-refractivity contribution is 6.34. The van der Waals surface area contributed by atoms with Crippen molar-refractivity contribution in [2.75, 3.05) is 32.1 Å². The fourth-order valence-corrected chi connectivity index (χ4v) is 8.22. The second-order valence-electron chi connectivity index (χ2n) is 13.1. The summed E-state index contributed by atoms with van der Waals surface area (Å²) >= 11 is 6.98. The van der Waals surface area contributed by atoms with Gasteiger partial charge in [-0.3, -0.25) is 0 Å². The number of aromatic hydroxyl groups is 1. The van der Waals surface area contributed by atoms with Crippen LogP contribution in [0.4, 0.5) is 10.3 Å². The summed E-state index contributed by atoms with van der Waals surface area (Å²) in [5.74, 6) is 0.728. The van der Waals surface area contributed by atoms with Crippen molar-refractivity contribution < 1.29 is 9.50 Å². The van der Waals surface area contributed by atoms with Crippen LogP contribution in [0, 0.1) is 11.7 Å². The lowest BCUT2D eigenvalue weighted by Crippen LogP contribution is -2.58. The molecule has 3 heterocycles. The Morgan fingerprint density at radius 2 is 1.83 bits per heavy atom. The van der Waals surface area contributed by atoms with E-state index in [1.54, 1.807) is 12.1 Å². The van der Waals surface area contributed by atoms with Crippen LogP contribution in [0.2, 0.25) is 5.02 Å². The average molecular weight is 574 g/mol. The average Bonchev–Trinajstić information content (AvgIpc) is 2.86. The van der Waals surface area contributed by atoms with Crippen LogP contribution in [0.25, 0.3) is 32.8 Å². The molecule has 0 spiro atoms. The number of phenolic OH excluding ortho intramolecular Hbond substituents is 1. The van der Waals surface area contributed by atoms with E-state index in [2.05, 4.69) is 43.1 Å². The van der Waals surface area contributed by atoms with E-state index < -0.39 is 5.82 Å². The van der Waals surface area contributed by atoms with E-state index >= 15 is 4.39 Å². The number of hydrogen-bond acceptors (Lipinski definition) is 6. The highest BCUT2D eigenvalue weighted by atomic mass is 35.5. The number of rotatable bonds is 4. The summed E-state index contributed by atoms with van der Waals surface area (Å²) in [6, 6.07) is 14.0. The third kappa shape index (κ3) is 4.44. The van der Waals surface area contributed by atoms with Crippen molar-refractivity contribution in [3.63, 3.8) is 0 Å². The SMILES string of the molecule is CC1CC2CC(c3nc(N4CC(N(C)C)C4)nc4c(F)c(-c5cc(O)cc6ccccc56)c(Cl)cc34)(C1)CC(C)N2. The van der Waals surface area contributed by atoms with Gasteiger partial charge < -0.3 is 20.2 Å². The van der Waals surface area contributed by atoms with Gasteiger partial charge in [0.2, 0.25) is 5.95 Å². The van der Waals surface area contributed by atoms with Crippen molar-refractivity contribution in [1.82, 2.24) is 20.2 Å². The van der Waals surface area contributed by atoms with Gasteiger partial charge in [-0.2, -0.15) is 0 Å². The summed E-state index contributed by atoms with van der Waals surface area (Å²) in [6.07, 6.45) is 4.08. The van der Waals surface area contributed by atoms with Crippen molar-refractivity contribution in [3.05, 3.63) is 59.0 Å². The summed E-state index contributed by atoms with van der Waals surface area (Å²) in [5.41, 5.74) is 1.89. The molecular formula is C33H37ClFN5O. The number of piperidine rings is 1. The van der Waals surface area contributed by atoms with Gasteiger partial charge in [-0.15, -0.1) is 0 Å². The monoisotopic (exact) mass is 573 g/mol. The van der Waals surface area contributed by atoms with Crippen LogP contribution >= 0.6 is 11.6 Å². The predicted molar refractivity (Wildman–Crippen MR) is 164 cm³/mol. The lowest BCUT2D eigenvalue weighted by atomic mass is 9.60. The molecule has 2 N–H and O–H groups in total. The van der Waals surface area contributed by atoms with Crippen LogP contribution in [0.15, 0.2) is 42.5 Å². The largest absolute Gasteiger partial charge is 0.508 e. The molecule has 0 amide bonds. The molecule has 2 bridgehead atoms. The molecule has 3 fully saturated rings. The molecule has 3 aliphatic rings. The van der Waals surface area contributed by atoms with Gasteiger partial charge in [0.25, 0.3) is 0 Å². The summed E-state index contributed by atoms with van der Waals surface area (Å²) in [5, 5.41) is 17.0. The van der Waals surface area contributed by atoms with Gasteiger partial charge in [0.15, 0.2) is 5.82 Å². The van der Waals surface area contributed by atoms with E-state index in [1.807, 2.05) is 30.3 Å². The first-order chi connectivity index (χ1) is 19.6. The third-order valence-corrected chi connectivity index (χ3v) is 9.94. The predicted octanol–water partition coefficient (Wildman–Crippen LogP) is 6.51. The number of likely N-dealkylation sites (N-methyl/N-ethyl adjacent to an activating group) is 1. The molecule has 1 aliphatic carbocycles. The Hall–Kier alpha value is -3.00. The molecule has 1 aromatic heterocycles. The van der Waals surface area contributed by atoms with Crippen LogP contribution in [0.1, 0.15) is 45.2 Å².